The number of piperidine rings is 1. The number of carboxylic acids is 1. The number of nitrogens with zero attached hydrogens (tertiary/aromatic N) is 1. The van der Waals surface area contributed by atoms with Crippen molar-refractivity contribution >= 4 is 17.3 Å². The van der Waals surface area contributed by atoms with Gasteiger partial charge in [0.05, 0.1) is 0 Å². The molecule has 5 heteroatoms. The van der Waals surface area contributed by atoms with E-state index in [9.17, 15) is 4.79 Å². The van der Waals surface area contributed by atoms with Crippen molar-refractivity contribution in [3.8, 4) is 0 Å². The Morgan fingerprint density at radius 3 is 2.94 bits per heavy atom. The van der Waals surface area contributed by atoms with Crippen molar-refractivity contribution in [2.24, 2.45) is 0 Å². The SMILES string of the molecule is CN1CCC(NCc2ccsc2C(=O)O)CC1. The van der Waals surface area contributed by atoms with Gasteiger partial charge >= 0.3 is 5.97 Å². The lowest BCUT2D eigenvalue weighted by Gasteiger charge is -2.29. The van der Waals surface area contributed by atoms with E-state index in [0.29, 0.717) is 17.5 Å². The molecule has 0 spiro atoms. The van der Waals surface area contributed by atoms with Gasteiger partial charge in [0.15, 0.2) is 0 Å². The lowest BCUT2D eigenvalue weighted by atomic mass is 10.1. The monoisotopic (exact) mass is 254 g/mol. The number of hydrogen-bond donors (Lipinski definition) is 2. The number of nitrogens with one attached hydrogen (secondary N) is 1. The highest BCUT2D eigenvalue weighted by Crippen LogP contribution is 2.17. The summed E-state index contributed by atoms with van der Waals surface area (Å²) < 4.78 is 0. The molecule has 0 aliphatic carbocycles. The summed E-state index contributed by atoms with van der Waals surface area (Å²) in [7, 11) is 2.14. The molecule has 0 aromatic carbocycles. The minimum absolute atomic E-state index is 0.463. The zero-order chi connectivity index (χ0) is 12.3. The van der Waals surface area contributed by atoms with Crippen molar-refractivity contribution in [3.63, 3.8) is 0 Å². The molecule has 2 rings (SSSR count). The van der Waals surface area contributed by atoms with Gasteiger partial charge in [-0.25, -0.2) is 4.79 Å². The molecule has 2 heterocycles. The Labute approximate surface area is 105 Å². The van der Waals surface area contributed by atoms with E-state index >= 15 is 0 Å². The number of thiophene rings is 1. The van der Waals surface area contributed by atoms with Gasteiger partial charge in [-0.3, -0.25) is 0 Å². The average molecular weight is 254 g/mol. The molecule has 1 aromatic heterocycles. The van der Waals surface area contributed by atoms with Gasteiger partial charge in [-0.1, -0.05) is 0 Å². The Kier molecular flexibility index (Phi) is 4.15. The number of hydrogen-bond acceptors (Lipinski definition) is 4. The minimum atomic E-state index is -0.819. The third kappa shape index (κ3) is 3.28. The van der Waals surface area contributed by atoms with Crippen molar-refractivity contribution in [1.29, 1.82) is 0 Å². The number of likely N-dealkylation sites (tertiary alicyclic amines) is 1. The Morgan fingerprint density at radius 1 is 1.59 bits per heavy atom. The fourth-order valence-corrected chi connectivity index (χ4v) is 2.89. The predicted molar refractivity (Wildman–Crippen MR) is 68.6 cm³/mol. The molecule has 2 N–H and O–H groups in total. The summed E-state index contributed by atoms with van der Waals surface area (Å²) in [6.45, 7) is 2.90. The molecule has 0 saturated carbocycles. The predicted octanol–water partition coefficient (Wildman–Crippen LogP) is 1.63. The first-order chi connectivity index (χ1) is 8.16. The van der Waals surface area contributed by atoms with Gasteiger partial charge in [0.1, 0.15) is 4.88 Å². The second-order valence-corrected chi connectivity index (χ2v) is 5.45. The minimum Gasteiger partial charge on any atom is -0.477 e. The summed E-state index contributed by atoms with van der Waals surface area (Å²) >= 11 is 1.30. The fourth-order valence-electron chi connectivity index (χ4n) is 2.13. The summed E-state index contributed by atoms with van der Waals surface area (Å²) in [5.74, 6) is -0.819. The van der Waals surface area contributed by atoms with Crippen LogP contribution in [0.1, 0.15) is 28.1 Å². The second-order valence-electron chi connectivity index (χ2n) is 4.54. The summed E-state index contributed by atoms with van der Waals surface area (Å²) in [4.78, 5) is 13.7. The summed E-state index contributed by atoms with van der Waals surface area (Å²) in [6, 6.07) is 2.42. The van der Waals surface area contributed by atoms with E-state index in [4.69, 9.17) is 5.11 Å². The highest BCUT2D eigenvalue weighted by molar-refractivity contribution is 7.12. The number of aromatic carboxylic acids is 1. The summed E-state index contributed by atoms with van der Waals surface area (Å²) in [6.07, 6.45) is 2.28. The van der Waals surface area contributed by atoms with Gasteiger partial charge < -0.3 is 15.3 Å². The molecule has 17 heavy (non-hydrogen) atoms. The molecule has 1 aromatic rings. The molecule has 0 unspecified atom stereocenters. The second kappa shape index (κ2) is 5.62. The van der Waals surface area contributed by atoms with Crippen LogP contribution in [0.25, 0.3) is 0 Å². The Bertz CT molecular complexity index is 384. The van der Waals surface area contributed by atoms with Crippen LogP contribution in [0, 0.1) is 0 Å². The molecular formula is C12H18N2O2S. The number of rotatable bonds is 4. The fraction of sp³-hybridized carbons (Fsp3) is 0.583. The maximum atomic E-state index is 11.0. The summed E-state index contributed by atoms with van der Waals surface area (Å²) in [5, 5.41) is 14.3. The zero-order valence-electron chi connectivity index (χ0n) is 9.98. The average Bonchev–Trinajstić information content (AvgIpc) is 2.76. The lowest BCUT2D eigenvalue weighted by molar-refractivity contribution is 0.0701. The maximum absolute atomic E-state index is 11.0. The first kappa shape index (κ1) is 12.5. The zero-order valence-corrected chi connectivity index (χ0v) is 10.8. The van der Waals surface area contributed by atoms with E-state index in [-0.39, 0.29) is 0 Å². The van der Waals surface area contributed by atoms with Crippen molar-refractivity contribution < 1.29 is 9.90 Å². The third-order valence-electron chi connectivity index (χ3n) is 3.24. The quantitative estimate of drug-likeness (QED) is 0.857. The van der Waals surface area contributed by atoms with Crippen molar-refractivity contribution in [3.05, 3.63) is 21.9 Å². The molecule has 1 aliphatic rings. The van der Waals surface area contributed by atoms with E-state index in [2.05, 4.69) is 17.3 Å². The molecule has 4 nitrogen and oxygen atoms in total. The molecule has 94 valence electrons. The molecular weight excluding hydrogens is 236 g/mol. The van der Waals surface area contributed by atoms with Crippen LogP contribution >= 0.6 is 11.3 Å². The van der Waals surface area contributed by atoms with Gasteiger partial charge in [-0.2, -0.15) is 0 Å². The van der Waals surface area contributed by atoms with E-state index < -0.39 is 5.97 Å². The number of carboxylic acid groups (broad SMARTS) is 1. The summed E-state index contributed by atoms with van der Waals surface area (Å²) in [5.41, 5.74) is 0.904. The van der Waals surface area contributed by atoms with Crippen LogP contribution in [0.3, 0.4) is 0 Å². The molecule has 0 amide bonds. The molecule has 1 aliphatic heterocycles. The van der Waals surface area contributed by atoms with Crippen molar-refractivity contribution in [1.82, 2.24) is 10.2 Å². The standard InChI is InChI=1S/C12H18N2O2S/c1-14-5-2-10(3-6-14)13-8-9-4-7-17-11(9)12(15)16/h4,7,10,13H,2-3,5-6,8H2,1H3,(H,15,16). The van der Waals surface area contributed by atoms with E-state index in [1.807, 2.05) is 11.4 Å². The Hall–Kier alpha value is -0.910. The molecule has 0 atom stereocenters. The smallest absolute Gasteiger partial charge is 0.346 e. The van der Waals surface area contributed by atoms with Crippen LogP contribution in [-0.2, 0) is 6.54 Å². The molecule has 0 bridgehead atoms. The highest BCUT2D eigenvalue weighted by atomic mass is 32.1. The van der Waals surface area contributed by atoms with E-state index in [1.165, 1.54) is 11.3 Å². The Morgan fingerprint density at radius 2 is 2.29 bits per heavy atom. The van der Waals surface area contributed by atoms with Crippen LogP contribution in [0.5, 0.6) is 0 Å². The van der Waals surface area contributed by atoms with Gasteiger partial charge in [0.25, 0.3) is 0 Å². The van der Waals surface area contributed by atoms with Gasteiger partial charge in [-0.15, -0.1) is 11.3 Å². The normalized spacial score (nSPS) is 18.4. The topological polar surface area (TPSA) is 52.6 Å². The van der Waals surface area contributed by atoms with E-state index in [0.717, 1.165) is 31.5 Å². The van der Waals surface area contributed by atoms with Crippen LogP contribution in [-0.4, -0.2) is 42.2 Å². The van der Waals surface area contributed by atoms with Crippen LogP contribution in [0.15, 0.2) is 11.4 Å². The van der Waals surface area contributed by atoms with Crippen LogP contribution in [0.4, 0.5) is 0 Å². The molecule has 1 fully saturated rings. The van der Waals surface area contributed by atoms with Gasteiger partial charge in [-0.05, 0) is 50.0 Å². The third-order valence-corrected chi connectivity index (χ3v) is 4.19. The van der Waals surface area contributed by atoms with Crippen molar-refractivity contribution in [2.45, 2.75) is 25.4 Å². The van der Waals surface area contributed by atoms with Crippen molar-refractivity contribution in [2.75, 3.05) is 20.1 Å². The first-order valence-corrected chi connectivity index (χ1v) is 6.76. The molecule has 1 saturated heterocycles. The largest absolute Gasteiger partial charge is 0.477 e. The van der Waals surface area contributed by atoms with Gasteiger partial charge in [0.2, 0.25) is 0 Å². The first-order valence-electron chi connectivity index (χ1n) is 5.88. The van der Waals surface area contributed by atoms with E-state index in [1.54, 1.807) is 0 Å². The number of carbonyl (C=O) groups is 1. The highest BCUT2D eigenvalue weighted by Gasteiger charge is 2.17. The Balaban J connectivity index is 1.85. The van der Waals surface area contributed by atoms with Crippen LogP contribution in [0.2, 0.25) is 0 Å². The lowest BCUT2D eigenvalue weighted by Crippen LogP contribution is -2.40. The van der Waals surface area contributed by atoms with Crippen LogP contribution < -0.4 is 5.32 Å². The molecule has 0 radical (unpaired) electrons. The van der Waals surface area contributed by atoms with Gasteiger partial charge in [0, 0.05) is 12.6 Å². The maximum Gasteiger partial charge on any atom is 0.346 e.